The molecule has 1 aliphatic carbocycles. The van der Waals surface area contributed by atoms with E-state index in [2.05, 4.69) is 10.9 Å². The SMILES string of the molecule is CCc1cc(C(=O)NNC(=O)[C@@H]2CC(C)=C(C)C[C@@H]2C(=O)O)cs1. The first-order valence-electron chi connectivity index (χ1n) is 7.89. The summed E-state index contributed by atoms with van der Waals surface area (Å²) in [4.78, 5) is 36.9. The lowest BCUT2D eigenvalue weighted by molar-refractivity contribution is -0.147. The van der Waals surface area contributed by atoms with Crippen molar-refractivity contribution in [3.8, 4) is 0 Å². The normalized spacial score (nSPS) is 20.6. The monoisotopic (exact) mass is 350 g/mol. The fourth-order valence-corrected chi connectivity index (χ4v) is 3.61. The molecule has 2 amide bonds. The molecule has 0 aromatic carbocycles. The van der Waals surface area contributed by atoms with E-state index in [1.807, 2.05) is 20.8 Å². The van der Waals surface area contributed by atoms with Crippen LogP contribution in [0, 0.1) is 11.8 Å². The zero-order valence-corrected chi connectivity index (χ0v) is 14.8. The Morgan fingerprint density at radius 3 is 2.33 bits per heavy atom. The van der Waals surface area contributed by atoms with Gasteiger partial charge in [-0.15, -0.1) is 11.3 Å². The number of allylic oxidation sites excluding steroid dienone is 2. The minimum absolute atomic E-state index is 0.359. The first kappa shape index (κ1) is 18.2. The number of carboxylic acid groups (broad SMARTS) is 1. The number of rotatable bonds is 4. The van der Waals surface area contributed by atoms with Crippen molar-refractivity contribution in [1.29, 1.82) is 0 Å². The third kappa shape index (κ3) is 4.03. The lowest BCUT2D eigenvalue weighted by Gasteiger charge is -2.29. The maximum Gasteiger partial charge on any atom is 0.307 e. The van der Waals surface area contributed by atoms with Crippen molar-refractivity contribution in [3.05, 3.63) is 33.0 Å². The maximum atomic E-state index is 12.4. The van der Waals surface area contributed by atoms with Crippen LogP contribution in [0.2, 0.25) is 0 Å². The fourth-order valence-electron chi connectivity index (χ4n) is 2.80. The second-order valence-electron chi connectivity index (χ2n) is 6.12. The van der Waals surface area contributed by atoms with E-state index < -0.39 is 29.6 Å². The van der Waals surface area contributed by atoms with Gasteiger partial charge in [-0.2, -0.15) is 0 Å². The van der Waals surface area contributed by atoms with E-state index >= 15 is 0 Å². The molecule has 24 heavy (non-hydrogen) atoms. The summed E-state index contributed by atoms with van der Waals surface area (Å²) in [5.41, 5.74) is 7.29. The molecular formula is C17H22N2O4S. The van der Waals surface area contributed by atoms with Gasteiger partial charge in [0.25, 0.3) is 5.91 Å². The predicted molar refractivity (Wildman–Crippen MR) is 91.5 cm³/mol. The topological polar surface area (TPSA) is 95.5 Å². The number of aliphatic carboxylic acids is 1. The second kappa shape index (κ2) is 7.61. The van der Waals surface area contributed by atoms with Crippen LogP contribution < -0.4 is 10.9 Å². The lowest BCUT2D eigenvalue weighted by Crippen LogP contribution is -2.48. The van der Waals surface area contributed by atoms with E-state index in [1.54, 1.807) is 11.4 Å². The molecular weight excluding hydrogens is 328 g/mol. The van der Waals surface area contributed by atoms with Gasteiger partial charge in [0.2, 0.25) is 5.91 Å². The molecule has 1 aliphatic rings. The number of carboxylic acids is 1. The standard InChI is InChI=1S/C17H22N2O4S/c1-4-12-7-11(8-24-12)15(20)18-19-16(21)13-5-9(2)10(3)6-14(13)17(22)23/h7-8,13-14H,4-6H2,1-3H3,(H,18,20)(H,19,21)(H,22,23)/t13-,14+/m1/s1. The molecule has 0 bridgehead atoms. The molecule has 1 aromatic heterocycles. The Hall–Kier alpha value is -2.15. The molecule has 0 saturated carbocycles. The molecule has 0 saturated heterocycles. The van der Waals surface area contributed by atoms with Crippen LogP contribution in [0.3, 0.4) is 0 Å². The number of thiophene rings is 1. The highest BCUT2D eigenvalue weighted by molar-refractivity contribution is 7.10. The van der Waals surface area contributed by atoms with Crippen LogP contribution in [0.1, 0.15) is 48.8 Å². The number of hydrogen-bond donors (Lipinski definition) is 3. The molecule has 2 atom stereocenters. The molecule has 0 spiro atoms. The minimum Gasteiger partial charge on any atom is -0.481 e. The number of amides is 2. The Bertz CT molecular complexity index is 693. The van der Waals surface area contributed by atoms with Crippen LogP contribution in [0.25, 0.3) is 0 Å². The van der Waals surface area contributed by atoms with Crippen LogP contribution in [-0.4, -0.2) is 22.9 Å². The Kier molecular flexibility index (Phi) is 5.77. The highest BCUT2D eigenvalue weighted by Crippen LogP contribution is 2.34. The molecule has 1 aromatic rings. The van der Waals surface area contributed by atoms with Crippen LogP contribution >= 0.6 is 11.3 Å². The molecule has 0 fully saturated rings. The summed E-state index contributed by atoms with van der Waals surface area (Å²) in [7, 11) is 0. The Morgan fingerprint density at radius 2 is 1.79 bits per heavy atom. The summed E-state index contributed by atoms with van der Waals surface area (Å²) >= 11 is 1.49. The summed E-state index contributed by atoms with van der Waals surface area (Å²) < 4.78 is 0. The molecule has 6 nitrogen and oxygen atoms in total. The van der Waals surface area contributed by atoms with Gasteiger partial charge in [-0.05, 0) is 39.2 Å². The van der Waals surface area contributed by atoms with Crippen molar-refractivity contribution in [2.45, 2.75) is 40.0 Å². The van der Waals surface area contributed by atoms with E-state index in [1.165, 1.54) is 11.3 Å². The van der Waals surface area contributed by atoms with Gasteiger partial charge in [0, 0.05) is 10.3 Å². The zero-order valence-electron chi connectivity index (χ0n) is 14.0. The van der Waals surface area contributed by atoms with Crippen LogP contribution in [0.15, 0.2) is 22.6 Å². The molecule has 1 heterocycles. The summed E-state index contributed by atoms with van der Waals surface area (Å²) in [5, 5.41) is 11.1. The third-order valence-corrected chi connectivity index (χ3v) is 5.57. The van der Waals surface area contributed by atoms with Gasteiger partial charge in [0.1, 0.15) is 0 Å². The second-order valence-corrected chi connectivity index (χ2v) is 7.11. The summed E-state index contributed by atoms with van der Waals surface area (Å²) in [6, 6.07) is 1.78. The molecule has 2 rings (SSSR count). The van der Waals surface area contributed by atoms with Crippen LogP contribution in [0.5, 0.6) is 0 Å². The molecule has 3 N–H and O–H groups in total. The molecule has 130 valence electrons. The van der Waals surface area contributed by atoms with Crippen LogP contribution in [0.4, 0.5) is 0 Å². The minimum atomic E-state index is -0.987. The van der Waals surface area contributed by atoms with Gasteiger partial charge in [-0.25, -0.2) is 0 Å². The number of hydrogen-bond acceptors (Lipinski definition) is 4. The van der Waals surface area contributed by atoms with E-state index in [-0.39, 0.29) is 0 Å². The van der Waals surface area contributed by atoms with E-state index in [4.69, 9.17) is 0 Å². The number of aryl methyl sites for hydroxylation is 1. The highest BCUT2D eigenvalue weighted by atomic mass is 32.1. The van der Waals surface area contributed by atoms with E-state index in [0.29, 0.717) is 18.4 Å². The third-order valence-electron chi connectivity index (χ3n) is 4.48. The van der Waals surface area contributed by atoms with Gasteiger partial charge >= 0.3 is 5.97 Å². The van der Waals surface area contributed by atoms with Gasteiger partial charge < -0.3 is 5.11 Å². The Labute approximate surface area is 144 Å². The van der Waals surface area contributed by atoms with E-state index in [0.717, 1.165) is 22.4 Å². The van der Waals surface area contributed by atoms with Gasteiger partial charge in [0.15, 0.2) is 0 Å². The first-order chi connectivity index (χ1) is 11.3. The molecule has 0 radical (unpaired) electrons. The first-order valence-corrected chi connectivity index (χ1v) is 8.77. The van der Waals surface area contributed by atoms with Crippen molar-refractivity contribution in [3.63, 3.8) is 0 Å². The van der Waals surface area contributed by atoms with E-state index in [9.17, 15) is 19.5 Å². The van der Waals surface area contributed by atoms with Gasteiger partial charge in [0.05, 0.1) is 17.4 Å². The lowest BCUT2D eigenvalue weighted by atomic mass is 9.76. The van der Waals surface area contributed by atoms with Gasteiger partial charge in [-0.3, -0.25) is 25.2 Å². The fraction of sp³-hybridized carbons (Fsp3) is 0.471. The number of hydrazine groups is 1. The van der Waals surface area contributed by atoms with Crippen molar-refractivity contribution < 1.29 is 19.5 Å². The highest BCUT2D eigenvalue weighted by Gasteiger charge is 2.37. The number of carbonyl (C=O) groups excluding carboxylic acids is 2. The predicted octanol–water partition coefficient (Wildman–Crippen LogP) is 2.52. The maximum absolute atomic E-state index is 12.4. The van der Waals surface area contributed by atoms with Crippen LogP contribution in [-0.2, 0) is 16.0 Å². The average Bonchev–Trinajstić information content (AvgIpc) is 3.03. The quantitative estimate of drug-likeness (QED) is 0.574. The zero-order chi connectivity index (χ0) is 17.9. The number of nitrogens with one attached hydrogen (secondary N) is 2. The average molecular weight is 350 g/mol. The molecule has 7 heteroatoms. The Morgan fingerprint density at radius 1 is 1.17 bits per heavy atom. The summed E-state index contributed by atoms with van der Waals surface area (Å²) in [6.07, 6.45) is 1.60. The van der Waals surface area contributed by atoms with Crippen molar-refractivity contribution in [1.82, 2.24) is 10.9 Å². The summed E-state index contributed by atoms with van der Waals surface area (Å²) in [5.74, 6) is -3.30. The van der Waals surface area contributed by atoms with Gasteiger partial charge in [-0.1, -0.05) is 18.1 Å². The Balaban J connectivity index is 2.00. The smallest absolute Gasteiger partial charge is 0.307 e. The molecule has 0 aliphatic heterocycles. The summed E-state index contributed by atoms with van der Waals surface area (Å²) in [6.45, 7) is 5.80. The number of carbonyl (C=O) groups is 3. The van der Waals surface area contributed by atoms with Crippen molar-refractivity contribution >= 4 is 29.1 Å². The largest absolute Gasteiger partial charge is 0.481 e. The van der Waals surface area contributed by atoms with Crippen molar-refractivity contribution in [2.75, 3.05) is 0 Å². The van der Waals surface area contributed by atoms with Crippen molar-refractivity contribution in [2.24, 2.45) is 11.8 Å². The molecule has 0 unspecified atom stereocenters.